The minimum absolute atomic E-state index is 0.829. The van der Waals surface area contributed by atoms with Gasteiger partial charge in [-0.15, -0.1) is 0 Å². The topological polar surface area (TPSA) is 9.23 Å². The maximum Gasteiger partial charge on any atom is 0.119 e. The average molecular weight is 219 g/mol. The van der Waals surface area contributed by atoms with E-state index in [4.69, 9.17) is 4.74 Å². The number of hydrogen-bond donors (Lipinski definition) is 0. The Kier molecular flexibility index (Phi) is 6.71. The van der Waals surface area contributed by atoms with Gasteiger partial charge >= 0.3 is 0 Å². The summed E-state index contributed by atoms with van der Waals surface area (Å²) < 4.78 is 5.65. The van der Waals surface area contributed by atoms with Gasteiger partial charge < -0.3 is 4.74 Å². The summed E-state index contributed by atoms with van der Waals surface area (Å²) in [7, 11) is 0. The standard InChI is InChI=1S/C15H23O/c1-3-4-5-6-7-8-12-16-15-11-9-10-14(2)13-15/h9-11,13H,2-8,12H2,1H3. The van der Waals surface area contributed by atoms with Gasteiger partial charge in [0.1, 0.15) is 5.75 Å². The molecule has 1 heteroatoms. The highest BCUT2D eigenvalue weighted by Crippen LogP contribution is 2.13. The molecular formula is C15H23O. The highest BCUT2D eigenvalue weighted by Gasteiger charge is 1.94. The molecule has 0 saturated carbocycles. The Morgan fingerprint density at radius 3 is 2.56 bits per heavy atom. The van der Waals surface area contributed by atoms with Crippen molar-refractivity contribution in [3.8, 4) is 5.75 Å². The predicted molar refractivity (Wildman–Crippen MR) is 69.8 cm³/mol. The lowest BCUT2D eigenvalue weighted by molar-refractivity contribution is 0.304. The van der Waals surface area contributed by atoms with Gasteiger partial charge in [-0.2, -0.15) is 0 Å². The van der Waals surface area contributed by atoms with Crippen LogP contribution in [0.3, 0.4) is 0 Å². The fourth-order valence-electron chi connectivity index (χ4n) is 1.71. The van der Waals surface area contributed by atoms with Crippen LogP contribution in [0.4, 0.5) is 0 Å². The van der Waals surface area contributed by atoms with E-state index in [1.807, 2.05) is 24.3 Å². The van der Waals surface area contributed by atoms with Gasteiger partial charge in [-0.05, 0) is 31.0 Å². The first-order valence-electron chi connectivity index (χ1n) is 6.37. The molecule has 0 atom stereocenters. The van der Waals surface area contributed by atoms with Crippen molar-refractivity contribution in [3.63, 3.8) is 0 Å². The van der Waals surface area contributed by atoms with Gasteiger partial charge in [-0.1, -0.05) is 51.2 Å². The number of ether oxygens (including phenoxy) is 1. The van der Waals surface area contributed by atoms with Crippen LogP contribution in [-0.2, 0) is 0 Å². The molecule has 1 radical (unpaired) electrons. The molecule has 16 heavy (non-hydrogen) atoms. The Balaban J connectivity index is 2.03. The molecule has 0 amide bonds. The van der Waals surface area contributed by atoms with E-state index in [0.717, 1.165) is 24.3 Å². The van der Waals surface area contributed by atoms with E-state index in [1.54, 1.807) is 0 Å². The minimum atomic E-state index is 0.829. The molecule has 1 nitrogen and oxygen atoms in total. The van der Waals surface area contributed by atoms with Crippen molar-refractivity contribution in [2.24, 2.45) is 0 Å². The van der Waals surface area contributed by atoms with Crippen molar-refractivity contribution in [2.45, 2.75) is 45.4 Å². The second-order valence-corrected chi connectivity index (χ2v) is 4.26. The second kappa shape index (κ2) is 8.20. The van der Waals surface area contributed by atoms with Crippen LogP contribution in [0.25, 0.3) is 0 Å². The first-order chi connectivity index (χ1) is 7.83. The van der Waals surface area contributed by atoms with Crippen molar-refractivity contribution in [2.75, 3.05) is 6.61 Å². The molecule has 0 aliphatic heterocycles. The largest absolute Gasteiger partial charge is 0.494 e. The molecule has 89 valence electrons. The summed E-state index contributed by atoms with van der Waals surface area (Å²) in [5.41, 5.74) is 1.01. The molecule has 0 unspecified atom stereocenters. The fraction of sp³-hybridized carbons (Fsp3) is 0.533. The van der Waals surface area contributed by atoms with Crippen LogP contribution in [0.5, 0.6) is 5.75 Å². The lowest BCUT2D eigenvalue weighted by Crippen LogP contribution is -1.97. The molecule has 0 bridgehead atoms. The number of benzene rings is 1. The van der Waals surface area contributed by atoms with Gasteiger partial charge in [0.2, 0.25) is 0 Å². The molecule has 1 rings (SSSR count). The van der Waals surface area contributed by atoms with E-state index in [9.17, 15) is 0 Å². The van der Waals surface area contributed by atoms with E-state index in [1.165, 1.54) is 32.1 Å². The third-order valence-corrected chi connectivity index (χ3v) is 2.67. The van der Waals surface area contributed by atoms with Crippen LogP contribution in [0.15, 0.2) is 24.3 Å². The molecule has 0 aliphatic rings. The van der Waals surface area contributed by atoms with Gasteiger partial charge in [0.25, 0.3) is 0 Å². The lowest BCUT2D eigenvalue weighted by Gasteiger charge is -2.06. The van der Waals surface area contributed by atoms with E-state index < -0.39 is 0 Å². The molecule has 1 aromatic carbocycles. The second-order valence-electron chi connectivity index (χ2n) is 4.26. The smallest absolute Gasteiger partial charge is 0.119 e. The summed E-state index contributed by atoms with van der Waals surface area (Å²) in [5.74, 6) is 0.945. The Bertz CT molecular complexity index is 281. The molecule has 0 aromatic heterocycles. The van der Waals surface area contributed by atoms with Gasteiger partial charge in [-0.25, -0.2) is 0 Å². The maximum atomic E-state index is 5.65. The van der Waals surface area contributed by atoms with Crippen molar-refractivity contribution in [1.29, 1.82) is 0 Å². The SMILES string of the molecule is [CH2]c1cccc(OCCCCCCCC)c1. The van der Waals surface area contributed by atoms with Crippen molar-refractivity contribution in [3.05, 3.63) is 36.8 Å². The molecule has 0 N–H and O–H groups in total. The average Bonchev–Trinajstić information content (AvgIpc) is 2.28. The Morgan fingerprint density at radius 1 is 1.06 bits per heavy atom. The monoisotopic (exact) mass is 219 g/mol. The zero-order valence-corrected chi connectivity index (χ0v) is 10.4. The third-order valence-electron chi connectivity index (χ3n) is 2.67. The Labute approximate surface area is 99.8 Å². The van der Waals surface area contributed by atoms with Crippen molar-refractivity contribution < 1.29 is 4.74 Å². The number of hydrogen-bond acceptors (Lipinski definition) is 1. The van der Waals surface area contributed by atoms with E-state index in [-0.39, 0.29) is 0 Å². The Hall–Kier alpha value is -0.980. The maximum absolute atomic E-state index is 5.65. The first-order valence-corrected chi connectivity index (χ1v) is 6.37. The summed E-state index contributed by atoms with van der Waals surface area (Å²) in [5, 5.41) is 0. The van der Waals surface area contributed by atoms with E-state index >= 15 is 0 Å². The molecular weight excluding hydrogens is 196 g/mol. The number of unbranched alkanes of at least 4 members (excludes halogenated alkanes) is 5. The molecule has 0 aliphatic carbocycles. The molecule has 0 saturated heterocycles. The molecule has 0 heterocycles. The summed E-state index contributed by atoms with van der Waals surface area (Å²) in [4.78, 5) is 0. The zero-order chi connectivity index (χ0) is 11.6. The number of rotatable bonds is 8. The first kappa shape index (κ1) is 13.1. The summed E-state index contributed by atoms with van der Waals surface area (Å²) in [6.45, 7) is 6.95. The molecule has 1 aromatic rings. The summed E-state index contributed by atoms with van der Waals surface area (Å²) in [6, 6.07) is 7.94. The Morgan fingerprint density at radius 2 is 1.81 bits per heavy atom. The molecule has 0 spiro atoms. The van der Waals surface area contributed by atoms with Crippen LogP contribution >= 0.6 is 0 Å². The molecule has 0 fully saturated rings. The zero-order valence-electron chi connectivity index (χ0n) is 10.4. The van der Waals surface area contributed by atoms with Crippen LogP contribution in [0.1, 0.15) is 51.0 Å². The quantitative estimate of drug-likeness (QED) is 0.580. The van der Waals surface area contributed by atoms with Crippen LogP contribution in [0.2, 0.25) is 0 Å². The predicted octanol–water partition coefficient (Wildman–Crippen LogP) is 4.61. The highest BCUT2D eigenvalue weighted by molar-refractivity contribution is 5.29. The van der Waals surface area contributed by atoms with Gasteiger partial charge in [0.05, 0.1) is 6.61 Å². The van der Waals surface area contributed by atoms with Gasteiger partial charge in [0, 0.05) is 0 Å². The lowest BCUT2D eigenvalue weighted by atomic mass is 10.1. The van der Waals surface area contributed by atoms with E-state index in [2.05, 4.69) is 13.8 Å². The normalized spacial score (nSPS) is 10.4. The van der Waals surface area contributed by atoms with Crippen LogP contribution in [0, 0.1) is 6.92 Å². The van der Waals surface area contributed by atoms with Gasteiger partial charge in [-0.3, -0.25) is 0 Å². The van der Waals surface area contributed by atoms with Crippen molar-refractivity contribution >= 4 is 0 Å². The third kappa shape index (κ3) is 5.79. The summed E-state index contributed by atoms with van der Waals surface area (Å²) >= 11 is 0. The van der Waals surface area contributed by atoms with Crippen LogP contribution < -0.4 is 4.74 Å². The van der Waals surface area contributed by atoms with Crippen molar-refractivity contribution in [1.82, 2.24) is 0 Å². The fourth-order valence-corrected chi connectivity index (χ4v) is 1.71. The minimum Gasteiger partial charge on any atom is -0.494 e. The summed E-state index contributed by atoms with van der Waals surface area (Å²) in [6.07, 6.45) is 7.82. The van der Waals surface area contributed by atoms with Crippen LogP contribution in [-0.4, -0.2) is 6.61 Å². The van der Waals surface area contributed by atoms with E-state index in [0.29, 0.717) is 0 Å². The van der Waals surface area contributed by atoms with Gasteiger partial charge in [0.15, 0.2) is 0 Å². The highest BCUT2D eigenvalue weighted by atomic mass is 16.5.